The number of hydrogen-bond donors (Lipinski definition) is 2. The van der Waals surface area contributed by atoms with E-state index in [4.69, 9.17) is 0 Å². The molecule has 0 saturated heterocycles. The van der Waals surface area contributed by atoms with Crippen LogP contribution in [0.5, 0.6) is 0 Å². The minimum atomic E-state index is -1.05. The highest BCUT2D eigenvalue weighted by Gasteiger charge is 2.19. The van der Waals surface area contributed by atoms with Crippen molar-refractivity contribution in [2.24, 2.45) is 5.92 Å². The van der Waals surface area contributed by atoms with Crippen LogP contribution >= 0.6 is 0 Å². The third-order valence-corrected chi connectivity index (χ3v) is 2.23. The van der Waals surface area contributed by atoms with Gasteiger partial charge in [-0.15, -0.1) is 0 Å². The van der Waals surface area contributed by atoms with E-state index in [-0.39, 0.29) is 5.92 Å². The van der Waals surface area contributed by atoms with Crippen molar-refractivity contribution in [1.82, 2.24) is 10.6 Å². The highest BCUT2D eigenvalue weighted by Crippen LogP contribution is 2.16. The molecule has 120 valence electrons. The Kier molecular flexibility index (Phi) is 6.05. The number of imide groups is 1. The Hall–Kier alpha value is -2.91. The number of amides is 3. The van der Waals surface area contributed by atoms with Gasteiger partial charge in [-0.1, -0.05) is 13.8 Å². The minimum absolute atomic E-state index is 0.216. The van der Waals surface area contributed by atoms with Crippen LogP contribution in [0.25, 0.3) is 0 Å². The molecule has 22 heavy (non-hydrogen) atoms. The molecule has 0 aliphatic carbocycles. The van der Waals surface area contributed by atoms with E-state index >= 15 is 0 Å². The van der Waals surface area contributed by atoms with Gasteiger partial charge in [0.05, 0.1) is 6.07 Å². The predicted octanol–water partition coefficient (Wildman–Crippen LogP) is 0.826. The van der Waals surface area contributed by atoms with Crippen LogP contribution in [-0.2, 0) is 9.53 Å². The van der Waals surface area contributed by atoms with Crippen molar-refractivity contribution in [1.29, 1.82) is 0 Å². The molecule has 0 unspecified atom stereocenters. The molecule has 0 saturated carbocycles. The fraction of sp³-hybridized carbons (Fsp3) is 0.417. The van der Waals surface area contributed by atoms with Crippen LogP contribution in [0.2, 0.25) is 0 Å². The third-order valence-electron chi connectivity index (χ3n) is 2.23. The average Bonchev–Trinajstić information content (AvgIpc) is 2.92. The Morgan fingerprint density at radius 3 is 2.59 bits per heavy atom. The van der Waals surface area contributed by atoms with Crippen molar-refractivity contribution in [2.45, 2.75) is 13.8 Å². The summed E-state index contributed by atoms with van der Waals surface area (Å²) in [6, 6.07) is 1.33. The second-order valence-corrected chi connectivity index (χ2v) is 4.62. The molecule has 0 aliphatic rings. The van der Waals surface area contributed by atoms with Gasteiger partial charge in [0, 0.05) is 6.54 Å². The summed E-state index contributed by atoms with van der Waals surface area (Å²) in [5, 5.41) is 14.8. The summed E-state index contributed by atoms with van der Waals surface area (Å²) in [7, 11) is 0. The van der Waals surface area contributed by atoms with Crippen LogP contribution in [0, 0.1) is 16.0 Å². The predicted molar refractivity (Wildman–Crippen MR) is 72.0 cm³/mol. The van der Waals surface area contributed by atoms with Gasteiger partial charge in [-0.2, -0.15) is 0 Å². The maximum absolute atomic E-state index is 11.5. The van der Waals surface area contributed by atoms with Gasteiger partial charge in [-0.3, -0.25) is 20.2 Å². The topological polar surface area (TPSA) is 141 Å². The van der Waals surface area contributed by atoms with Gasteiger partial charge in [0.1, 0.15) is 4.92 Å². The van der Waals surface area contributed by atoms with Crippen molar-refractivity contribution in [2.75, 3.05) is 13.2 Å². The summed E-state index contributed by atoms with van der Waals surface area (Å²) in [6.45, 7) is 3.43. The Morgan fingerprint density at radius 2 is 2.05 bits per heavy atom. The molecule has 0 atom stereocenters. The number of nitrogens with zero attached hydrogens (tertiary/aromatic N) is 1. The fourth-order valence-electron chi connectivity index (χ4n) is 1.24. The smallest absolute Gasteiger partial charge is 0.433 e. The lowest BCUT2D eigenvalue weighted by Gasteiger charge is -2.08. The lowest BCUT2D eigenvalue weighted by Crippen LogP contribution is -2.42. The van der Waals surface area contributed by atoms with Crippen LogP contribution in [-0.4, -0.2) is 36.0 Å². The van der Waals surface area contributed by atoms with Crippen molar-refractivity contribution in [3.05, 3.63) is 28.0 Å². The first-order valence-corrected chi connectivity index (χ1v) is 6.28. The summed E-state index contributed by atoms with van der Waals surface area (Å²) in [6.07, 6.45) is 0. The molecule has 1 rings (SSSR count). The number of carbonyl (C=O) groups is 3. The van der Waals surface area contributed by atoms with E-state index in [1.54, 1.807) is 0 Å². The van der Waals surface area contributed by atoms with E-state index in [1.807, 2.05) is 19.2 Å². The SMILES string of the molecule is CC(C)CNC(=O)NC(=O)COC(=O)c1ccc([N+](=O)[O-])o1. The normalized spacial score (nSPS) is 10.1. The largest absolute Gasteiger partial charge is 0.450 e. The molecular formula is C12H15N3O7. The zero-order valence-corrected chi connectivity index (χ0v) is 12.0. The number of esters is 1. The van der Waals surface area contributed by atoms with Crippen molar-refractivity contribution < 1.29 is 28.5 Å². The van der Waals surface area contributed by atoms with E-state index in [9.17, 15) is 24.5 Å². The number of rotatable bonds is 6. The first kappa shape index (κ1) is 17.1. The van der Waals surface area contributed by atoms with Crippen LogP contribution in [0.3, 0.4) is 0 Å². The molecule has 0 bridgehead atoms. The lowest BCUT2D eigenvalue weighted by atomic mass is 10.2. The van der Waals surface area contributed by atoms with Gasteiger partial charge in [0.25, 0.3) is 5.91 Å². The summed E-state index contributed by atoms with van der Waals surface area (Å²) in [4.78, 5) is 43.7. The quantitative estimate of drug-likeness (QED) is 0.450. The monoisotopic (exact) mass is 313 g/mol. The summed E-state index contributed by atoms with van der Waals surface area (Å²) < 4.78 is 9.16. The molecule has 2 N–H and O–H groups in total. The third kappa shape index (κ3) is 5.61. The summed E-state index contributed by atoms with van der Waals surface area (Å²) in [5.41, 5.74) is 0. The molecule has 3 amide bonds. The second-order valence-electron chi connectivity index (χ2n) is 4.62. The Labute approximate surface area is 124 Å². The molecule has 10 heteroatoms. The van der Waals surface area contributed by atoms with E-state index in [1.165, 1.54) is 0 Å². The van der Waals surface area contributed by atoms with Crippen LogP contribution in [0.15, 0.2) is 16.5 Å². The number of nitro groups is 1. The van der Waals surface area contributed by atoms with Crippen LogP contribution in [0.1, 0.15) is 24.4 Å². The average molecular weight is 313 g/mol. The van der Waals surface area contributed by atoms with E-state index in [0.717, 1.165) is 12.1 Å². The Morgan fingerprint density at radius 1 is 1.36 bits per heavy atom. The number of carbonyl (C=O) groups excluding carboxylic acids is 3. The van der Waals surface area contributed by atoms with Gasteiger partial charge in [0.15, 0.2) is 6.61 Å². The standard InChI is InChI=1S/C12H15N3O7/c1-7(2)5-13-12(18)14-9(16)6-21-11(17)8-3-4-10(22-8)15(19)20/h3-4,7H,5-6H2,1-2H3,(H2,13,14,16,18). The molecule has 1 aromatic heterocycles. The Bertz CT molecular complexity index is 579. The number of furan rings is 1. The van der Waals surface area contributed by atoms with Crippen molar-refractivity contribution >= 4 is 23.8 Å². The maximum atomic E-state index is 11.5. The molecule has 0 fully saturated rings. The molecule has 1 heterocycles. The van der Waals surface area contributed by atoms with Crippen LogP contribution in [0.4, 0.5) is 10.7 Å². The highest BCUT2D eigenvalue weighted by atomic mass is 16.7. The molecule has 10 nitrogen and oxygen atoms in total. The molecule has 1 aromatic rings. The van der Waals surface area contributed by atoms with Crippen molar-refractivity contribution in [3.8, 4) is 0 Å². The molecule has 0 spiro atoms. The highest BCUT2D eigenvalue weighted by molar-refractivity contribution is 5.96. The summed E-state index contributed by atoms with van der Waals surface area (Å²) in [5.74, 6) is -2.71. The molecule has 0 radical (unpaired) electrons. The zero-order valence-electron chi connectivity index (χ0n) is 12.0. The van der Waals surface area contributed by atoms with Gasteiger partial charge < -0.3 is 14.5 Å². The van der Waals surface area contributed by atoms with Gasteiger partial charge >= 0.3 is 17.9 Å². The number of urea groups is 1. The van der Waals surface area contributed by atoms with Gasteiger partial charge in [0.2, 0.25) is 5.76 Å². The number of nitrogens with one attached hydrogen (secondary N) is 2. The van der Waals surface area contributed by atoms with Gasteiger partial charge in [-0.25, -0.2) is 9.59 Å². The lowest BCUT2D eigenvalue weighted by molar-refractivity contribution is -0.402. The molecular weight excluding hydrogens is 298 g/mol. The van der Waals surface area contributed by atoms with E-state index in [2.05, 4.69) is 14.5 Å². The summed E-state index contributed by atoms with van der Waals surface area (Å²) >= 11 is 0. The Balaban J connectivity index is 2.38. The number of ether oxygens (including phenoxy) is 1. The second kappa shape index (κ2) is 7.76. The van der Waals surface area contributed by atoms with E-state index < -0.39 is 41.1 Å². The minimum Gasteiger partial charge on any atom is -0.450 e. The van der Waals surface area contributed by atoms with Crippen LogP contribution < -0.4 is 10.6 Å². The maximum Gasteiger partial charge on any atom is 0.433 e. The first-order valence-electron chi connectivity index (χ1n) is 6.28. The first-order chi connectivity index (χ1) is 10.3. The number of hydrogen-bond acceptors (Lipinski definition) is 7. The fourth-order valence-corrected chi connectivity index (χ4v) is 1.24. The molecule has 0 aromatic carbocycles. The zero-order chi connectivity index (χ0) is 16.7. The van der Waals surface area contributed by atoms with E-state index in [0.29, 0.717) is 6.54 Å². The molecule has 0 aliphatic heterocycles. The van der Waals surface area contributed by atoms with Gasteiger partial charge in [-0.05, 0) is 12.0 Å². The van der Waals surface area contributed by atoms with Crippen molar-refractivity contribution in [3.63, 3.8) is 0 Å².